The van der Waals surface area contributed by atoms with Crippen molar-refractivity contribution >= 4 is 21.6 Å². The molecule has 3 rings (SSSR count). The van der Waals surface area contributed by atoms with Crippen LogP contribution in [0.25, 0.3) is 0 Å². The third-order valence-electron chi connectivity index (χ3n) is 4.76. The molecule has 2 aromatic carbocycles. The molecule has 1 fully saturated rings. The summed E-state index contributed by atoms with van der Waals surface area (Å²) in [7, 11) is -3.56. The number of hydrogen-bond donors (Lipinski definition) is 1. The Balaban J connectivity index is 1.66. The van der Waals surface area contributed by atoms with E-state index in [-0.39, 0.29) is 10.8 Å². The van der Waals surface area contributed by atoms with E-state index >= 15 is 0 Å². The fraction of sp³-hybridized carbons (Fsp3) is 0.381. The predicted molar refractivity (Wildman–Crippen MR) is 111 cm³/mol. The van der Waals surface area contributed by atoms with Crippen molar-refractivity contribution in [2.45, 2.75) is 31.3 Å². The molecular weight excluding hydrogens is 392 g/mol. The smallest absolute Gasteiger partial charge is 0.265 e. The van der Waals surface area contributed by atoms with Crippen molar-refractivity contribution in [2.24, 2.45) is 0 Å². The van der Waals surface area contributed by atoms with Gasteiger partial charge in [0, 0.05) is 18.8 Å². The third-order valence-corrected chi connectivity index (χ3v) is 6.67. The number of carbonyl (C=O) groups is 1. The molecule has 1 saturated heterocycles. The molecule has 7 nitrogen and oxygen atoms in total. The topological polar surface area (TPSA) is 84.9 Å². The lowest BCUT2D eigenvalue weighted by Gasteiger charge is -2.26. The van der Waals surface area contributed by atoms with Gasteiger partial charge in [-0.05, 0) is 49.2 Å². The van der Waals surface area contributed by atoms with Crippen LogP contribution in [-0.4, -0.2) is 51.0 Å². The Morgan fingerprint density at radius 1 is 1.14 bits per heavy atom. The number of hydrogen-bond acceptors (Lipinski definition) is 5. The lowest BCUT2D eigenvalue weighted by Crippen LogP contribution is -2.40. The van der Waals surface area contributed by atoms with Crippen LogP contribution in [0, 0.1) is 6.92 Å². The summed E-state index contributed by atoms with van der Waals surface area (Å²) in [4.78, 5) is 12.8. The number of amides is 1. The number of aryl methyl sites for hydroxylation is 1. The molecule has 2 aromatic rings. The number of ether oxygens (including phenoxy) is 2. The summed E-state index contributed by atoms with van der Waals surface area (Å²) in [6.07, 6.45) is -0.142. The van der Waals surface area contributed by atoms with Crippen molar-refractivity contribution in [1.29, 1.82) is 0 Å². The van der Waals surface area contributed by atoms with E-state index in [0.717, 1.165) is 5.56 Å². The number of sulfonamides is 1. The summed E-state index contributed by atoms with van der Waals surface area (Å²) < 4.78 is 37.8. The molecule has 1 unspecified atom stereocenters. The Kier molecular flexibility index (Phi) is 6.89. The second-order valence-corrected chi connectivity index (χ2v) is 8.75. The normalized spacial score (nSPS) is 16.2. The van der Waals surface area contributed by atoms with E-state index < -0.39 is 16.1 Å². The van der Waals surface area contributed by atoms with Gasteiger partial charge >= 0.3 is 0 Å². The zero-order valence-corrected chi connectivity index (χ0v) is 17.4. The van der Waals surface area contributed by atoms with Crippen molar-refractivity contribution < 1.29 is 22.7 Å². The van der Waals surface area contributed by atoms with E-state index in [9.17, 15) is 13.2 Å². The number of nitrogens with zero attached hydrogens (tertiary/aromatic N) is 1. The second kappa shape index (κ2) is 9.39. The van der Waals surface area contributed by atoms with Gasteiger partial charge in [0.25, 0.3) is 5.91 Å². The molecule has 1 aliphatic rings. The monoisotopic (exact) mass is 418 g/mol. The van der Waals surface area contributed by atoms with Gasteiger partial charge in [0.2, 0.25) is 10.0 Å². The van der Waals surface area contributed by atoms with Crippen LogP contribution >= 0.6 is 0 Å². The molecule has 0 spiro atoms. The average molecular weight is 419 g/mol. The Bertz CT molecular complexity index is 938. The number of nitrogens with one attached hydrogen (secondary N) is 1. The Labute approximate surface area is 171 Å². The van der Waals surface area contributed by atoms with Gasteiger partial charge in [0.1, 0.15) is 5.75 Å². The van der Waals surface area contributed by atoms with Crippen LogP contribution < -0.4 is 10.1 Å². The zero-order valence-electron chi connectivity index (χ0n) is 16.6. The minimum absolute atomic E-state index is 0.195. The van der Waals surface area contributed by atoms with Crippen LogP contribution in [0.5, 0.6) is 5.75 Å². The highest BCUT2D eigenvalue weighted by Crippen LogP contribution is 2.21. The molecule has 1 amide bonds. The molecule has 0 aliphatic carbocycles. The molecule has 8 heteroatoms. The summed E-state index contributed by atoms with van der Waals surface area (Å²) >= 11 is 0. The van der Waals surface area contributed by atoms with Crippen molar-refractivity contribution in [1.82, 2.24) is 4.31 Å². The molecule has 1 atom stereocenters. The van der Waals surface area contributed by atoms with Crippen LogP contribution in [0.1, 0.15) is 18.9 Å². The summed E-state index contributed by atoms with van der Waals surface area (Å²) in [6.45, 7) is 5.28. The van der Waals surface area contributed by atoms with E-state index in [1.54, 1.807) is 12.1 Å². The summed E-state index contributed by atoms with van der Waals surface area (Å²) in [5.41, 5.74) is 1.47. The van der Waals surface area contributed by atoms with E-state index in [2.05, 4.69) is 5.32 Å². The van der Waals surface area contributed by atoms with Crippen LogP contribution in [-0.2, 0) is 19.6 Å². The molecule has 1 N–H and O–H groups in total. The van der Waals surface area contributed by atoms with Crippen molar-refractivity contribution in [3.63, 3.8) is 0 Å². The first-order valence-electron chi connectivity index (χ1n) is 9.63. The van der Waals surface area contributed by atoms with Gasteiger partial charge in [-0.3, -0.25) is 4.79 Å². The number of para-hydroxylation sites is 1. The summed E-state index contributed by atoms with van der Waals surface area (Å²) in [6, 6.07) is 13.7. The second-order valence-electron chi connectivity index (χ2n) is 6.81. The zero-order chi connectivity index (χ0) is 20.9. The molecule has 0 saturated carbocycles. The highest BCUT2D eigenvalue weighted by Gasteiger charge is 2.26. The maximum absolute atomic E-state index is 12.7. The average Bonchev–Trinajstić information content (AvgIpc) is 2.74. The first-order valence-corrected chi connectivity index (χ1v) is 11.1. The SMILES string of the molecule is CCC(Oc1ccccc1C)C(=O)Nc1ccc(S(=O)(=O)N2CCOCC2)cc1. The number of carbonyl (C=O) groups excluding carboxylic acids is 1. The van der Waals surface area contributed by atoms with E-state index in [4.69, 9.17) is 9.47 Å². The Morgan fingerprint density at radius 2 is 1.79 bits per heavy atom. The van der Waals surface area contributed by atoms with Crippen molar-refractivity contribution in [3.8, 4) is 5.75 Å². The van der Waals surface area contributed by atoms with Crippen molar-refractivity contribution in [2.75, 3.05) is 31.6 Å². The first kappa shape index (κ1) is 21.3. The highest BCUT2D eigenvalue weighted by molar-refractivity contribution is 7.89. The maximum Gasteiger partial charge on any atom is 0.265 e. The lowest BCUT2D eigenvalue weighted by atomic mass is 10.2. The van der Waals surface area contributed by atoms with Gasteiger partial charge in [0.05, 0.1) is 18.1 Å². The van der Waals surface area contributed by atoms with E-state index in [0.29, 0.717) is 44.2 Å². The van der Waals surface area contributed by atoms with Crippen molar-refractivity contribution in [3.05, 3.63) is 54.1 Å². The third kappa shape index (κ3) is 5.14. The molecular formula is C21H26N2O5S. The Morgan fingerprint density at radius 3 is 2.41 bits per heavy atom. The first-order chi connectivity index (χ1) is 13.9. The van der Waals surface area contributed by atoms with Crippen LogP contribution in [0.3, 0.4) is 0 Å². The lowest BCUT2D eigenvalue weighted by molar-refractivity contribution is -0.122. The van der Waals surface area contributed by atoms with Crippen LogP contribution in [0.2, 0.25) is 0 Å². The molecule has 0 bridgehead atoms. The predicted octanol–water partition coefficient (Wildman–Crippen LogP) is 2.81. The minimum atomic E-state index is -3.56. The molecule has 1 aliphatic heterocycles. The molecule has 156 valence electrons. The van der Waals surface area contributed by atoms with Gasteiger partial charge in [-0.1, -0.05) is 25.1 Å². The van der Waals surface area contributed by atoms with Gasteiger partial charge in [-0.15, -0.1) is 0 Å². The summed E-state index contributed by atoms with van der Waals surface area (Å²) in [5, 5.41) is 2.80. The number of benzene rings is 2. The number of rotatable bonds is 7. The quantitative estimate of drug-likeness (QED) is 0.747. The molecule has 29 heavy (non-hydrogen) atoms. The van der Waals surface area contributed by atoms with E-state index in [1.165, 1.54) is 16.4 Å². The minimum Gasteiger partial charge on any atom is -0.480 e. The van der Waals surface area contributed by atoms with Gasteiger partial charge in [-0.25, -0.2) is 8.42 Å². The van der Waals surface area contributed by atoms with Gasteiger partial charge in [-0.2, -0.15) is 4.31 Å². The number of morpholine rings is 1. The van der Waals surface area contributed by atoms with Gasteiger partial charge in [0.15, 0.2) is 6.10 Å². The fourth-order valence-corrected chi connectivity index (χ4v) is 4.44. The molecule has 0 aromatic heterocycles. The summed E-state index contributed by atoms with van der Waals surface area (Å²) in [5.74, 6) is 0.390. The number of anilines is 1. The van der Waals surface area contributed by atoms with E-state index in [1.807, 2.05) is 38.1 Å². The largest absolute Gasteiger partial charge is 0.480 e. The highest BCUT2D eigenvalue weighted by atomic mass is 32.2. The molecule has 0 radical (unpaired) electrons. The fourth-order valence-electron chi connectivity index (χ4n) is 3.03. The molecule has 1 heterocycles. The van der Waals surface area contributed by atoms with Crippen LogP contribution in [0.15, 0.2) is 53.4 Å². The Hall–Kier alpha value is -2.42. The van der Waals surface area contributed by atoms with Crippen LogP contribution in [0.4, 0.5) is 5.69 Å². The standard InChI is InChI=1S/C21H26N2O5S/c1-3-19(28-20-7-5-4-6-16(20)2)21(24)22-17-8-10-18(11-9-17)29(25,26)23-12-14-27-15-13-23/h4-11,19H,3,12-15H2,1-2H3,(H,22,24). The van der Waals surface area contributed by atoms with Gasteiger partial charge < -0.3 is 14.8 Å². The maximum atomic E-state index is 12.7.